The van der Waals surface area contributed by atoms with Crippen LogP contribution < -0.4 is 0 Å². The summed E-state index contributed by atoms with van der Waals surface area (Å²) in [4.78, 5) is -2.03. The first-order valence-electron chi connectivity index (χ1n) is 1.94. The molecule has 0 aromatic carbocycles. The first-order chi connectivity index (χ1) is 3.25. The molecular weight excluding hydrogens is 172 g/mol. The number of hydrogen-bond donors (Lipinski definition) is 2. The Kier molecular flexibility index (Phi) is 4.97. The molecule has 0 spiro atoms. The first kappa shape index (κ1) is 12.8. The van der Waals surface area contributed by atoms with Crippen molar-refractivity contribution >= 4 is 47.9 Å². The van der Waals surface area contributed by atoms with Gasteiger partial charge in [-0.05, 0) is 13.8 Å². The Morgan fingerprint density at radius 3 is 1.44 bits per heavy atom. The van der Waals surface area contributed by atoms with Crippen LogP contribution in [0, 0.1) is 0 Å². The molecule has 0 aromatic rings. The molecule has 54 valence electrons. The van der Waals surface area contributed by atoms with Gasteiger partial charge in [-0.2, -0.15) is 8.42 Å². The normalized spacial score (nSPS) is 12.4. The molecule has 9 heavy (non-hydrogen) atoms. The zero-order valence-corrected chi connectivity index (χ0v) is 5.44. The van der Waals surface area contributed by atoms with Crippen LogP contribution in [0.5, 0.6) is 0 Å². The fourth-order valence-electron chi connectivity index (χ4n) is 0. The van der Waals surface area contributed by atoms with E-state index in [4.69, 9.17) is 9.66 Å². The van der Waals surface area contributed by atoms with Crippen molar-refractivity contribution in [2.24, 2.45) is 0 Å². The van der Waals surface area contributed by atoms with E-state index < -0.39 is 15.1 Å². The Bertz CT molecular complexity index is 165. The molecule has 0 rings (SSSR count). The van der Waals surface area contributed by atoms with Crippen LogP contribution in [0.3, 0.4) is 0 Å². The van der Waals surface area contributed by atoms with E-state index in [1.54, 1.807) is 0 Å². The third-order valence-electron chi connectivity index (χ3n) is 0.631. The monoisotopic (exact) mass is 182 g/mol. The van der Waals surface area contributed by atoms with Gasteiger partial charge in [-0.3, -0.25) is 4.55 Å². The second-order valence-electron chi connectivity index (χ2n) is 1.92. The van der Waals surface area contributed by atoms with Gasteiger partial charge in [0, 0.05) is 0 Å². The van der Waals surface area contributed by atoms with Gasteiger partial charge in [-0.25, -0.2) is 0 Å². The Balaban J connectivity index is 0. The second kappa shape index (κ2) is 3.50. The molecule has 0 unspecified atom stereocenters. The van der Waals surface area contributed by atoms with Crippen LogP contribution in [0.25, 0.3) is 0 Å². The van der Waals surface area contributed by atoms with E-state index >= 15 is 0 Å². The van der Waals surface area contributed by atoms with E-state index in [1.165, 1.54) is 0 Å². The van der Waals surface area contributed by atoms with Crippen molar-refractivity contribution < 1.29 is 18.1 Å². The van der Waals surface area contributed by atoms with Crippen LogP contribution in [-0.4, -0.2) is 60.7 Å². The van der Waals surface area contributed by atoms with Crippen LogP contribution in [0.4, 0.5) is 0 Å². The Morgan fingerprint density at radius 1 is 1.33 bits per heavy atom. The Labute approximate surface area is 84.0 Å². The molecule has 0 radical (unpaired) electrons. The van der Waals surface area contributed by atoms with Crippen LogP contribution in [0.15, 0.2) is 0 Å². The van der Waals surface area contributed by atoms with Crippen molar-refractivity contribution in [1.29, 1.82) is 0 Å². The molecule has 2 N–H and O–H groups in total. The third-order valence-corrected chi connectivity index (χ3v) is 1.89. The quantitative estimate of drug-likeness (QED) is 0.390. The van der Waals surface area contributed by atoms with Crippen LogP contribution >= 0.6 is 0 Å². The second-order valence-corrected chi connectivity index (χ2v) is 3.87. The zero-order chi connectivity index (χ0) is 7.00. The summed E-state index contributed by atoms with van der Waals surface area (Å²) in [5.41, 5.74) is 0. The van der Waals surface area contributed by atoms with Gasteiger partial charge in [0.1, 0.15) is 0 Å². The fraction of sp³-hybridized carbons (Fsp3) is 1.00. The molecule has 0 aromatic heterocycles. The summed E-state index contributed by atoms with van der Waals surface area (Å²) >= 11 is 0. The Hall–Kier alpha value is 1.13. The van der Waals surface area contributed by atoms with E-state index in [2.05, 4.69) is 0 Å². The minimum atomic E-state index is -4.28. The SMILES string of the molecule is CC(C)(O)S(=O)(=O)O.[CaH2]. The summed E-state index contributed by atoms with van der Waals surface area (Å²) in [5, 5.41) is 8.52. The molecule has 0 atom stereocenters. The molecule has 0 saturated heterocycles. The predicted molar refractivity (Wildman–Crippen MR) is 36.4 cm³/mol. The molecule has 0 bridgehead atoms. The van der Waals surface area contributed by atoms with Gasteiger partial charge in [-0.1, -0.05) is 0 Å². The fourth-order valence-corrected chi connectivity index (χ4v) is 0. The molecule has 0 aliphatic rings. The maximum atomic E-state index is 9.96. The topological polar surface area (TPSA) is 74.6 Å². The predicted octanol–water partition coefficient (Wildman–Crippen LogP) is -1.31. The van der Waals surface area contributed by atoms with Gasteiger partial charge in [-0.15, -0.1) is 0 Å². The molecule has 0 heterocycles. The van der Waals surface area contributed by atoms with Crippen molar-refractivity contribution in [3.8, 4) is 0 Å². The van der Waals surface area contributed by atoms with Crippen LogP contribution in [-0.2, 0) is 10.1 Å². The van der Waals surface area contributed by atoms with Crippen molar-refractivity contribution in [2.45, 2.75) is 18.8 Å². The molecule has 0 saturated carbocycles. The van der Waals surface area contributed by atoms with Crippen LogP contribution in [0.2, 0.25) is 0 Å². The molecule has 0 aliphatic carbocycles. The van der Waals surface area contributed by atoms with Crippen molar-refractivity contribution in [3.05, 3.63) is 0 Å². The van der Waals surface area contributed by atoms with E-state index in [9.17, 15) is 8.42 Å². The summed E-state index contributed by atoms with van der Waals surface area (Å²) < 4.78 is 28.0. The zero-order valence-electron chi connectivity index (χ0n) is 4.62. The summed E-state index contributed by atoms with van der Waals surface area (Å²) in [6, 6.07) is 0. The van der Waals surface area contributed by atoms with Crippen molar-refractivity contribution in [2.75, 3.05) is 0 Å². The molecule has 0 fully saturated rings. The van der Waals surface area contributed by atoms with Crippen molar-refractivity contribution in [3.63, 3.8) is 0 Å². The maximum absolute atomic E-state index is 9.96. The Morgan fingerprint density at radius 2 is 1.44 bits per heavy atom. The average molecular weight is 182 g/mol. The summed E-state index contributed by atoms with van der Waals surface area (Å²) in [6.07, 6.45) is 0. The summed E-state index contributed by atoms with van der Waals surface area (Å²) in [5.74, 6) is 0. The third kappa shape index (κ3) is 4.52. The molecule has 4 nitrogen and oxygen atoms in total. The van der Waals surface area contributed by atoms with Gasteiger partial charge < -0.3 is 5.11 Å². The summed E-state index contributed by atoms with van der Waals surface area (Å²) in [7, 11) is -4.28. The molecule has 0 aliphatic heterocycles. The van der Waals surface area contributed by atoms with Crippen molar-refractivity contribution in [1.82, 2.24) is 0 Å². The number of rotatable bonds is 1. The number of hydrogen-bond acceptors (Lipinski definition) is 3. The van der Waals surface area contributed by atoms with E-state index in [0.717, 1.165) is 13.8 Å². The molecule has 0 amide bonds. The van der Waals surface area contributed by atoms with Crippen LogP contribution in [0.1, 0.15) is 13.8 Å². The van der Waals surface area contributed by atoms with Gasteiger partial charge in [0.05, 0.1) is 0 Å². The van der Waals surface area contributed by atoms with Gasteiger partial charge in [0.15, 0.2) is 4.93 Å². The molecular formula is C3H10CaO4S. The summed E-state index contributed by atoms with van der Waals surface area (Å²) in [6.45, 7) is 1.98. The number of aliphatic hydroxyl groups is 1. The average Bonchev–Trinajstić information content (AvgIpc) is 1.25. The van der Waals surface area contributed by atoms with E-state index in [-0.39, 0.29) is 37.7 Å². The van der Waals surface area contributed by atoms with Gasteiger partial charge in [0.2, 0.25) is 0 Å². The standard InChI is InChI=1S/C3H8O4S.Ca.2H/c1-3(2,4)8(5,6)7;;;/h4H,1-2H3,(H,5,6,7);;;. The van der Waals surface area contributed by atoms with E-state index in [0.29, 0.717) is 0 Å². The van der Waals surface area contributed by atoms with Gasteiger partial charge in [0.25, 0.3) is 10.1 Å². The minimum absolute atomic E-state index is 0. The first-order valence-corrected chi connectivity index (χ1v) is 3.38. The van der Waals surface area contributed by atoms with E-state index in [1.807, 2.05) is 0 Å². The van der Waals surface area contributed by atoms with Gasteiger partial charge >= 0.3 is 37.7 Å². The molecule has 6 heteroatoms.